The van der Waals surface area contributed by atoms with E-state index in [1.807, 2.05) is 54.8 Å². The predicted molar refractivity (Wildman–Crippen MR) is 109 cm³/mol. The van der Waals surface area contributed by atoms with Gasteiger partial charge in [-0.05, 0) is 32.1 Å². The first-order valence-corrected chi connectivity index (χ1v) is 9.55. The molecule has 0 bridgehead atoms. The Morgan fingerprint density at radius 3 is 2.82 bits per heavy atom. The second-order valence-electron chi connectivity index (χ2n) is 6.30. The molecule has 1 aromatic carbocycles. The summed E-state index contributed by atoms with van der Waals surface area (Å²) in [6.07, 6.45) is 1.96. The maximum absolute atomic E-state index is 12.3. The summed E-state index contributed by atoms with van der Waals surface area (Å²) < 4.78 is 7.82. The molecule has 0 aliphatic carbocycles. The zero-order valence-electron chi connectivity index (χ0n) is 15.9. The van der Waals surface area contributed by atoms with Crippen LogP contribution < -0.4 is 10.1 Å². The third kappa shape index (κ3) is 4.83. The highest BCUT2D eigenvalue weighted by atomic mass is 32.1. The van der Waals surface area contributed by atoms with Crippen LogP contribution in [0.5, 0.6) is 5.88 Å². The lowest BCUT2D eigenvalue weighted by atomic mass is 10.1. The number of carbonyl (C=O) groups is 1. The molecule has 0 radical (unpaired) electrons. The fourth-order valence-electron chi connectivity index (χ4n) is 2.77. The van der Waals surface area contributed by atoms with E-state index in [0.717, 1.165) is 17.0 Å². The molecule has 8 heteroatoms. The Bertz CT molecular complexity index is 994. The van der Waals surface area contributed by atoms with Crippen molar-refractivity contribution in [3.8, 4) is 17.3 Å². The molecule has 0 atom stereocenters. The molecule has 2 aromatic heterocycles. The Morgan fingerprint density at radius 2 is 2.07 bits per heavy atom. The first-order valence-electron chi connectivity index (χ1n) is 9.14. The van der Waals surface area contributed by atoms with Gasteiger partial charge in [0, 0.05) is 36.8 Å². The molecular formula is C20H23N5O2S. The van der Waals surface area contributed by atoms with Gasteiger partial charge in [0.05, 0.1) is 6.61 Å². The summed E-state index contributed by atoms with van der Waals surface area (Å²) in [4.78, 5) is 16.5. The van der Waals surface area contributed by atoms with E-state index < -0.39 is 0 Å². The SMILES string of the molecule is CCOc1ncccc1CNC(=O)CCn1c(-c2ccc(C)cc2)n[nH]c1=S. The van der Waals surface area contributed by atoms with Gasteiger partial charge < -0.3 is 10.1 Å². The highest BCUT2D eigenvalue weighted by Gasteiger charge is 2.11. The number of nitrogens with one attached hydrogen (secondary N) is 2. The molecule has 0 aliphatic rings. The van der Waals surface area contributed by atoms with E-state index in [1.54, 1.807) is 6.20 Å². The number of H-pyrrole nitrogens is 1. The van der Waals surface area contributed by atoms with E-state index in [-0.39, 0.29) is 12.3 Å². The van der Waals surface area contributed by atoms with Gasteiger partial charge >= 0.3 is 0 Å². The molecule has 7 nitrogen and oxygen atoms in total. The van der Waals surface area contributed by atoms with Crippen molar-refractivity contribution < 1.29 is 9.53 Å². The summed E-state index contributed by atoms with van der Waals surface area (Å²) in [7, 11) is 0. The van der Waals surface area contributed by atoms with Gasteiger partial charge in [0.2, 0.25) is 11.8 Å². The van der Waals surface area contributed by atoms with Crippen molar-refractivity contribution in [1.29, 1.82) is 0 Å². The van der Waals surface area contributed by atoms with E-state index in [0.29, 0.717) is 30.3 Å². The van der Waals surface area contributed by atoms with E-state index in [1.165, 1.54) is 5.56 Å². The van der Waals surface area contributed by atoms with Gasteiger partial charge in [-0.25, -0.2) is 4.98 Å². The number of aryl methyl sites for hydroxylation is 1. The van der Waals surface area contributed by atoms with Crippen LogP contribution in [-0.4, -0.2) is 32.3 Å². The summed E-state index contributed by atoms with van der Waals surface area (Å²) in [6.45, 7) is 5.26. The smallest absolute Gasteiger partial charge is 0.222 e. The molecule has 0 saturated carbocycles. The number of pyridine rings is 1. The molecule has 2 heterocycles. The van der Waals surface area contributed by atoms with Crippen LogP contribution in [0.2, 0.25) is 0 Å². The highest BCUT2D eigenvalue weighted by molar-refractivity contribution is 7.71. The molecule has 0 fully saturated rings. The third-order valence-corrected chi connectivity index (χ3v) is 4.55. The van der Waals surface area contributed by atoms with Crippen LogP contribution in [0.4, 0.5) is 0 Å². The largest absolute Gasteiger partial charge is 0.478 e. The number of hydrogen-bond donors (Lipinski definition) is 2. The van der Waals surface area contributed by atoms with E-state index >= 15 is 0 Å². The predicted octanol–water partition coefficient (Wildman–Crippen LogP) is 3.42. The maximum atomic E-state index is 12.3. The number of hydrogen-bond acceptors (Lipinski definition) is 5. The average Bonchev–Trinajstić information content (AvgIpc) is 3.07. The average molecular weight is 398 g/mol. The van der Waals surface area contributed by atoms with Crippen molar-refractivity contribution in [2.45, 2.75) is 33.4 Å². The van der Waals surface area contributed by atoms with Crippen molar-refractivity contribution in [1.82, 2.24) is 25.1 Å². The third-order valence-electron chi connectivity index (χ3n) is 4.24. The zero-order chi connectivity index (χ0) is 19.9. The summed E-state index contributed by atoms with van der Waals surface area (Å²) in [5.41, 5.74) is 2.97. The molecule has 0 aliphatic heterocycles. The lowest BCUT2D eigenvalue weighted by Crippen LogP contribution is -2.24. The lowest BCUT2D eigenvalue weighted by molar-refractivity contribution is -0.121. The molecule has 0 saturated heterocycles. The quantitative estimate of drug-likeness (QED) is 0.569. The minimum Gasteiger partial charge on any atom is -0.478 e. The van der Waals surface area contributed by atoms with E-state index in [9.17, 15) is 4.79 Å². The van der Waals surface area contributed by atoms with Gasteiger partial charge in [-0.15, -0.1) is 0 Å². The van der Waals surface area contributed by atoms with Crippen LogP contribution in [-0.2, 0) is 17.9 Å². The zero-order valence-corrected chi connectivity index (χ0v) is 16.8. The Balaban J connectivity index is 1.62. The normalized spacial score (nSPS) is 10.6. The molecule has 0 unspecified atom stereocenters. The van der Waals surface area contributed by atoms with Crippen molar-refractivity contribution in [2.75, 3.05) is 6.61 Å². The number of ether oxygens (including phenoxy) is 1. The Labute approximate surface area is 168 Å². The van der Waals surface area contributed by atoms with Crippen LogP contribution in [0.25, 0.3) is 11.4 Å². The number of amides is 1. The van der Waals surface area contributed by atoms with Gasteiger partial charge in [0.25, 0.3) is 0 Å². The number of rotatable bonds is 8. The number of nitrogens with zero attached hydrogens (tertiary/aromatic N) is 3. The standard InChI is InChI=1S/C20H23N5O2S/c1-3-27-19-16(5-4-11-21-19)13-22-17(26)10-12-25-18(23-24-20(25)28)15-8-6-14(2)7-9-15/h4-9,11H,3,10,12-13H2,1-2H3,(H,22,26)(H,24,28). The second kappa shape index (κ2) is 9.27. The van der Waals surface area contributed by atoms with Gasteiger partial charge in [0.1, 0.15) is 0 Å². The summed E-state index contributed by atoms with van der Waals surface area (Å²) in [5, 5.41) is 10.0. The Kier molecular flexibility index (Phi) is 6.54. The van der Waals surface area contributed by atoms with Crippen molar-refractivity contribution in [3.05, 3.63) is 58.5 Å². The number of benzene rings is 1. The first kappa shape index (κ1) is 19.8. The molecule has 3 aromatic rings. The van der Waals surface area contributed by atoms with Crippen molar-refractivity contribution in [2.24, 2.45) is 0 Å². The molecule has 2 N–H and O–H groups in total. The van der Waals surface area contributed by atoms with Gasteiger partial charge in [-0.2, -0.15) is 5.10 Å². The topological polar surface area (TPSA) is 84.8 Å². The highest BCUT2D eigenvalue weighted by Crippen LogP contribution is 2.18. The minimum atomic E-state index is -0.0794. The maximum Gasteiger partial charge on any atom is 0.222 e. The van der Waals surface area contributed by atoms with Crippen LogP contribution in [0.1, 0.15) is 24.5 Å². The number of aromatic nitrogens is 4. The van der Waals surface area contributed by atoms with Gasteiger partial charge in [-0.3, -0.25) is 14.5 Å². The minimum absolute atomic E-state index is 0.0794. The molecular weight excluding hydrogens is 374 g/mol. The van der Waals surface area contributed by atoms with E-state index in [2.05, 4.69) is 20.5 Å². The van der Waals surface area contributed by atoms with Crippen LogP contribution in [0.3, 0.4) is 0 Å². The van der Waals surface area contributed by atoms with Crippen LogP contribution >= 0.6 is 12.2 Å². The van der Waals surface area contributed by atoms with Crippen molar-refractivity contribution >= 4 is 18.1 Å². The lowest BCUT2D eigenvalue weighted by Gasteiger charge is -2.10. The van der Waals surface area contributed by atoms with Crippen molar-refractivity contribution in [3.63, 3.8) is 0 Å². The molecule has 28 heavy (non-hydrogen) atoms. The second-order valence-corrected chi connectivity index (χ2v) is 6.68. The monoisotopic (exact) mass is 397 g/mol. The number of carbonyl (C=O) groups excluding carboxylic acids is 1. The van der Waals surface area contributed by atoms with Crippen LogP contribution in [0, 0.1) is 11.7 Å². The van der Waals surface area contributed by atoms with Gasteiger partial charge in [-0.1, -0.05) is 35.9 Å². The molecule has 1 amide bonds. The van der Waals surface area contributed by atoms with Gasteiger partial charge in [0.15, 0.2) is 10.6 Å². The van der Waals surface area contributed by atoms with E-state index in [4.69, 9.17) is 17.0 Å². The Morgan fingerprint density at radius 1 is 1.29 bits per heavy atom. The fourth-order valence-corrected chi connectivity index (χ4v) is 2.99. The summed E-state index contributed by atoms with van der Waals surface area (Å²) in [5.74, 6) is 1.19. The summed E-state index contributed by atoms with van der Waals surface area (Å²) >= 11 is 5.33. The fraction of sp³-hybridized carbons (Fsp3) is 0.300. The van der Waals surface area contributed by atoms with Crippen LogP contribution in [0.15, 0.2) is 42.6 Å². The molecule has 3 rings (SSSR count). The molecule has 0 spiro atoms. The molecule has 146 valence electrons. The number of aromatic amines is 1. The summed E-state index contributed by atoms with van der Waals surface area (Å²) in [6, 6.07) is 11.7. The first-order chi connectivity index (χ1) is 13.6. The Hall–Kier alpha value is -3.00.